The molecule has 0 spiro atoms. The summed E-state index contributed by atoms with van der Waals surface area (Å²) in [6, 6.07) is 9.85. The number of ether oxygens (including phenoxy) is 2. The largest absolute Gasteiger partial charge is 0.493 e. The molecule has 3 nitrogen and oxygen atoms in total. The molecule has 0 atom stereocenters. The van der Waals surface area contributed by atoms with Crippen LogP contribution >= 0.6 is 50.1 Å². The highest BCUT2D eigenvalue weighted by Gasteiger charge is 2.10. The number of rotatable bonds is 5. The molecule has 1 N–H and O–H groups in total. The van der Waals surface area contributed by atoms with Crippen LogP contribution in [0.25, 0.3) is 0 Å². The van der Waals surface area contributed by atoms with E-state index in [-0.39, 0.29) is 0 Å². The second-order valence-electron chi connectivity index (χ2n) is 4.29. The first-order chi connectivity index (χ1) is 10.0. The lowest BCUT2D eigenvalue weighted by atomic mass is 10.2. The van der Waals surface area contributed by atoms with Gasteiger partial charge in [0, 0.05) is 10.1 Å². The molecule has 0 heterocycles. The number of hydrogen-bond donors (Lipinski definition) is 1. The summed E-state index contributed by atoms with van der Waals surface area (Å²) in [4.78, 5) is 0. The van der Waals surface area contributed by atoms with Crippen LogP contribution in [0.1, 0.15) is 5.56 Å². The molecule has 112 valence electrons. The van der Waals surface area contributed by atoms with Crippen molar-refractivity contribution in [3.63, 3.8) is 0 Å². The van der Waals surface area contributed by atoms with Gasteiger partial charge in [0.2, 0.25) is 0 Å². The van der Waals surface area contributed by atoms with Gasteiger partial charge in [0.15, 0.2) is 11.5 Å². The van der Waals surface area contributed by atoms with Gasteiger partial charge in [-0.25, -0.2) is 0 Å². The van der Waals surface area contributed by atoms with E-state index in [1.807, 2.05) is 30.3 Å². The van der Waals surface area contributed by atoms with E-state index >= 15 is 0 Å². The maximum atomic E-state index is 6.21. The molecule has 0 saturated heterocycles. The summed E-state index contributed by atoms with van der Waals surface area (Å²) in [5.74, 6) is 1.38. The normalized spacial score (nSPS) is 10.3. The molecule has 0 saturated carbocycles. The molecule has 0 radical (unpaired) electrons. The van der Waals surface area contributed by atoms with Crippen molar-refractivity contribution < 1.29 is 9.47 Å². The molecule has 6 heteroatoms. The molecule has 2 aromatic carbocycles. The first kappa shape index (κ1) is 16.7. The molecule has 0 amide bonds. The van der Waals surface area contributed by atoms with Crippen molar-refractivity contribution in [3.8, 4) is 11.5 Å². The van der Waals surface area contributed by atoms with Crippen molar-refractivity contribution in [2.75, 3.05) is 19.5 Å². The van der Waals surface area contributed by atoms with Crippen molar-refractivity contribution in [1.82, 2.24) is 0 Å². The average Bonchev–Trinajstić information content (AvgIpc) is 2.45. The lowest BCUT2D eigenvalue weighted by Gasteiger charge is -2.13. The van der Waals surface area contributed by atoms with Gasteiger partial charge in [0.25, 0.3) is 0 Å². The van der Waals surface area contributed by atoms with E-state index in [1.54, 1.807) is 14.2 Å². The number of halogens is 3. The second-order valence-corrected chi connectivity index (χ2v) is 6.80. The fourth-order valence-corrected chi connectivity index (χ4v) is 3.48. The highest BCUT2D eigenvalue weighted by atomic mass is 127. The van der Waals surface area contributed by atoms with E-state index in [9.17, 15) is 0 Å². The molecular formula is C15H14BrClINO2. The standard InChI is InChI=1S/C15H14BrClINO2/c1-20-14-6-9(5-11(16)15(14)21-2)8-19-13-4-3-10(18)7-12(13)17/h3-7,19H,8H2,1-2H3. The van der Waals surface area contributed by atoms with Gasteiger partial charge in [0.05, 0.1) is 29.4 Å². The Hall–Kier alpha value is -0.660. The van der Waals surface area contributed by atoms with E-state index in [1.165, 1.54) is 0 Å². The van der Waals surface area contributed by atoms with Gasteiger partial charge >= 0.3 is 0 Å². The Balaban J connectivity index is 2.18. The third kappa shape index (κ3) is 4.17. The highest BCUT2D eigenvalue weighted by Crippen LogP contribution is 2.36. The topological polar surface area (TPSA) is 30.5 Å². The number of benzene rings is 2. The summed E-state index contributed by atoms with van der Waals surface area (Å²) in [6.07, 6.45) is 0. The zero-order chi connectivity index (χ0) is 15.4. The van der Waals surface area contributed by atoms with Crippen LogP contribution in [0.15, 0.2) is 34.8 Å². The zero-order valence-electron chi connectivity index (χ0n) is 11.5. The first-order valence-corrected chi connectivity index (χ1v) is 8.39. The molecule has 0 aliphatic heterocycles. The van der Waals surface area contributed by atoms with E-state index in [4.69, 9.17) is 21.1 Å². The molecule has 0 aliphatic carbocycles. The molecule has 0 fully saturated rings. The first-order valence-electron chi connectivity index (χ1n) is 6.14. The second kappa shape index (κ2) is 7.56. The van der Waals surface area contributed by atoms with Gasteiger partial charge in [-0.2, -0.15) is 0 Å². The quantitative estimate of drug-likeness (QED) is 0.584. The van der Waals surface area contributed by atoms with Crippen LogP contribution in [0.2, 0.25) is 5.02 Å². The number of nitrogens with one attached hydrogen (secondary N) is 1. The van der Waals surface area contributed by atoms with Crippen molar-refractivity contribution in [2.45, 2.75) is 6.54 Å². The number of anilines is 1. The summed E-state index contributed by atoms with van der Waals surface area (Å²) in [6.45, 7) is 0.638. The van der Waals surface area contributed by atoms with Gasteiger partial charge in [-0.15, -0.1) is 0 Å². The van der Waals surface area contributed by atoms with Gasteiger partial charge < -0.3 is 14.8 Å². The van der Waals surface area contributed by atoms with Gasteiger partial charge in [-0.3, -0.25) is 0 Å². The summed E-state index contributed by atoms with van der Waals surface area (Å²) in [5.41, 5.74) is 1.97. The molecule has 2 aromatic rings. The monoisotopic (exact) mass is 481 g/mol. The Morgan fingerprint density at radius 1 is 1.19 bits per heavy atom. The third-order valence-corrected chi connectivity index (χ3v) is 4.48. The average molecular weight is 483 g/mol. The summed E-state index contributed by atoms with van der Waals surface area (Å²) >= 11 is 11.9. The number of hydrogen-bond acceptors (Lipinski definition) is 3. The SMILES string of the molecule is COc1cc(CNc2ccc(I)cc2Cl)cc(Br)c1OC. The molecular weight excluding hydrogens is 468 g/mol. The smallest absolute Gasteiger partial charge is 0.174 e. The van der Waals surface area contributed by atoms with E-state index < -0.39 is 0 Å². The Morgan fingerprint density at radius 2 is 1.95 bits per heavy atom. The Labute approximate surface area is 151 Å². The van der Waals surface area contributed by atoms with Gasteiger partial charge in [-0.1, -0.05) is 11.6 Å². The minimum absolute atomic E-state index is 0.638. The fraction of sp³-hybridized carbons (Fsp3) is 0.200. The Bertz CT molecular complexity index is 652. The van der Waals surface area contributed by atoms with Gasteiger partial charge in [0.1, 0.15) is 0 Å². The lowest BCUT2D eigenvalue weighted by Crippen LogP contribution is -2.01. The predicted octanol–water partition coefficient (Wildman–Crippen LogP) is 5.34. The fourth-order valence-electron chi connectivity index (χ4n) is 1.90. The van der Waals surface area contributed by atoms with Crippen LogP contribution in [0.5, 0.6) is 11.5 Å². The van der Waals surface area contributed by atoms with Crippen LogP contribution in [0, 0.1) is 3.57 Å². The van der Waals surface area contributed by atoms with Crippen molar-refractivity contribution >= 4 is 55.8 Å². The predicted molar refractivity (Wildman–Crippen MR) is 98.7 cm³/mol. The van der Waals surface area contributed by atoms with Crippen molar-refractivity contribution in [2.24, 2.45) is 0 Å². The molecule has 21 heavy (non-hydrogen) atoms. The summed E-state index contributed by atoms with van der Waals surface area (Å²) < 4.78 is 12.6. The van der Waals surface area contributed by atoms with Crippen LogP contribution in [0.3, 0.4) is 0 Å². The third-order valence-electron chi connectivity index (χ3n) is 2.91. The maximum absolute atomic E-state index is 6.21. The molecule has 0 unspecified atom stereocenters. The molecule has 0 aliphatic rings. The number of methoxy groups -OCH3 is 2. The van der Waals surface area contributed by atoms with E-state index in [0.717, 1.165) is 19.3 Å². The van der Waals surface area contributed by atoms with Crippen LogP contribution in [-0.2, 0) is 6.54 Å². The highest BCUT2D eigenvalue weighted by molar-refractivity contribution is 14.1. The van der Waals surface area contributed by atoms with Crippen LogP contribution < -0.4 is 14.8 Å². The lowest BCUT2D eigenvalue weighted by molar-refractivity contribution is 0.352. The van der Waals surface area contributed by atoms with E-state index in [2.05, 4.69) is 43.8 Å². The molecule has 0 bridgehead atoms. The van der Waals surface area contributed by atoms with E-state index in [0.29, 0.717) is 23.1 Å². The van der Waals surface area contributed by atoms with Gasteiger partial charge in [-0.05, 0) is 74.4 Å². The van der Waals surface area contributed by atoms with Crippen LogP contribution in [-0.4, -0.2) is 14.2 Å². The zero-order valence-corrected chi connectivity index (χ0v) is 16.0. The summed E-state index contributed by atoms with van der Waals surface area (Å²) in [7, 11) is 3.24. The Morgan fingerprint density at radius 3 is 2.57 bits per heavy atom. The maximum Gasteiger partial charge on any atom is 0.174 e. The molecule has 2 rings (SSSR count). The van der Waals surface area contributed by atoms with Crippen LogP contribution in [0.4, 0.5) is 5.69 Å². The minimum Gasteiger partial charge on any atom is -0.493 e. The Kier molecular flexibility index (Phi) is 6.01. The van der Waals surface area contributed by atoms with Crippen molar-refractivity contribution in [3.05, 3.63) is 49.0 Å². The minimum atomic E-state index is 0.638. The summed E-state index contributed by atoms with van der Waals surface area (Å²) in [5, 5.41) is 4.03. The van der Waals surface area contributed by atoms with Crippen molar-refractivity contribution in [1.29, 1.82) is 0 Å². The molecule has 0 aromatic heterocycles.